The second-order valence-electron chi connectivity index (χ2n) is 6.22. The van der Waals surface area contributed by atoms with Crippen molar-refractivity contribution in [3.05, 3.63) is 51.6 Å². The lowest BCUT2D eigenvalue weighted by Gasteiger charge is -2.26. The van der Waals surface area contributed by atoms with Gasteiger partial charge < -0.3 is 15.0 Å². The first-order valence-electron chi connectivity index (χ1n) is 8.59. The molecular weight excluding hydrogens is 373 g/mol. The predicted molar refractivity (Wildman–Crippen MR) is 104 cm³/mol. The van der Waals surface area contributed by atoms with Gasteiger partial charge in [-0.2, -0.15) is 0 Å². The lowest BCUT2D eigenvalue weighted by Crippen LogP contribution is -2.35. The van der Waals surface area contributed by atoms with E-state index in [-0.39, 0.29) is 5.91 Å². The molecule has 3 rings (SSSR count). The summed E-state index contributed by atoms with van der Waals surface area (Å²) in [5.41, 5.74) is 1.41. The molecule has 2 heterocycles. The Balaban J connectivity index is 1.70. The molecule has 0 saturated carbocycles. The second-order valence-corrected chi connectivity index (χ2v) is 7.06. The molecule has 2 aromatic rings. The minimum Gasteiger partial charge on any atom is -0.496 e. The van der Waals surface area contributed by atoms with Gasteiger partial charge in [-0.1, -0.05) is 23.2 Å². The average Bonchev–Trinajstić information content (AvgIpc) is 2.67. The van der Waals surface area contributed by atoms with Gasteiger partial charge in [-0.3, -0.25) is 4.79 Å². The largest absolute Gasteiger partial charge is 0.496 e. The summed E-state index contributed by atoms with van der Waals surface area (Å²) in [5, 5.41) is 4.21. The molecule has 1 aromatic heterocycles. The standard InChI is InChI=1S/C19H21Cl2N3O2/c1-26-17-6-5-15(20)9-13(17)11-22-18-16(21)10-14(12-23-18)19(25)24-7-3-2-4-8-24/h5-6,9-10,12H,2-4,7-8,11H2,1H3,(H,22,23). The molecule has 26 heavy (non-hydrogen) atoms. The maximum Gasteiger partial charge on any atom is 0.255 e. The highest BCUT2D eigenvalue weighted by Gasteiger charge is 2.19. The van der Waals surface area contributed by atoms with Crippen LogP contribution in [0.4, 0.5) is 5.82 Å². The van der Waals surface area contributed by atoms with E-state index in [9.17, 15) is 4.79 Å². The van der Waals surface area contributed by atoms with Crippen LogP contribution in [0.15, 0.2) is 30.5 Å². The smallest absolute Gasteiger partial charge is 0.255 e. The van der Waals surface area contributed by atoms with Gasteiger partial charge in [-0.15, -0.1) is 0 Å². The Morgan fingerprint density at radius 2 is 2.00 bits per heavy atom. The monoisotopic (exact) mass is 393 g/mol. The lowest BCUT2D eigenvalue weighted by atomic mass is 10.1. The molecule has 1 saturated heterocycles. The molecule has 0 aliphatic carbocycles. The molecule has 5 nitrogen and oxygen atoms in total. The SMILES string of the molecule is COc1ccc(Cl)cc1CNc1ncc(C(=O)N2CCCCC2)cc1Cl. The molecule has 1 aliphatic heterocycles. The van der Waals surface area contributed by atoms with E-state index < -0.39 is 0 Å². The summed E-state index contributed by atoms with van der Waals surface area (Å²) < 4.78 is 5.33. The van der Waals surface area contributed by atoms with E-state index in [2.05, 4.69) is 10.3 Å². The van der Waals surface area contributed by atoms with Crippen molar-refractivity contribution in [2.24, 2.45) is 0 Å². The van der Waals surface area contributed by atoms with E-state index in [0.29, 0.717) is 28.0 Å². The third-order valence-corrected chi connectivity index (χ3v) is 4.94. The van der Waals surface area contributed by atoms with Crippen LogP contribution in [-0.2, 0) is 6.54 Å². The van der Waals surface area contributed by atoms with Crippen LogP contribution in [0.25, 0.3) is 0 Å². The lowest BCUT2D eigenvalue weighted by molar-refractivity contribution is 0.0724. The van der Waals surface area contributed by atoms with Crippen molar-refractivity contribution in [1.82, 2.24) is 9.88 Å². The molecule has 0 unspecified atom stereocenters. The van der Waals surface area contributed by atoms with Gasteiger partial charge >= 0.3 is 0 Å². The van der Waals surface area contributed by atoms with Gasteiger partial charge in [-0.05, 0) is 43.5 Å². The molecule has 0 radical (unpaired) electrons. The average molecular weight is 394 g/mol. The Hall–Kier alpha value is -1.98. The van der Waals surface area contributed by atoms with E-state index in [0.717, 1.165) is 37.2 Å². The Morgan fingerprint density at radius 3 is 2.69 bits per heavy atom. The highest BCUT2D eigenvalue weighted by Crippen LogP contribution is 2.26. The number of nitrogens with one attached hydrogen (secondary N) is 1. The van der Waals surface area contributed by atoms with Crippen molar-refractivity contribution >= 4 is 34.9 Å². The maximum absolute atomic E-state index is 12.5. The molecule has 0 bridgehead atoms. The molecule has 1 amide bonds. The summed E-state index contributed by atoms with van der Waals surface area (Å²) in [4.78, 5) is 18.7. The van der Waals surface area contributed by atoms with Crippen LogP contribution >= 0.6 is 23.2 Å². The molecule has 0 atom stereocenters. The number of carbonyl (C=O) groups is 1. The van der Waals surface area contributed by atoms with Crippen LogP contribution in [0.2, 0.25) is 10.0 Å². The number of nitrogens with zero attached hydrogens (tertiary/aromatic N) is 2. The van der Waals surface area contributed by atoms with Crippen molar-refractivity contribution in [3.8, 4) is 5.75 Å². The van der Waals surface area contributed by atoms with Crippen LogP contribution in [0.1, 0.15) is 35.2 Å². The summed E-state index contributed by atoms with van der Waals surface area (Å²) in [7, 11) is 1.61. The van der Waals surface area contributed by atoms with Crippen LogP contribution < -0.4 is 10.1 Å². The summed E-state index contributed by atoms with van der Waals surface area (Å²) >= 11 is 12.4. The number of carbonyl (C=O) groups excluding carboxylic acids is 1. The zero-order valence-corrected chi connectivity index (χ0v) is 16.1. The minimum atomic E-state index is -0.0119. The first-order valence-corrected chi connectivity index (χ1v) is 9.35. The van der Waals surface area contributed by atoms with Gasteiger partial charge in [0.1, 0.15) is 11.6 Å². The van der Waals surface area contributed by atoms with Gasteiger partial charge in [0.25, 0.3) is 5.91 Å². The number of ether oxygens (including phenoxy) is 1. The number of aromatic nitrogens is 1. The normalized spacial score (nSPS) is 14.2. The molecule has 7 heteroatoms. The third-order valence-electron chi connectivity index (χ3n) is 4.42. The zero-order chi connectivity index (χ0) is 18.5. The van der Waals surface area contributed by atoms with E-state index in [1.807, 2.05) is 17.0 Å². The second kappa shape index (κ2) is 8.60. The Kier molecular flexibility index (Phi) is 6.22. The quantitative estimate of drug-likeness (QED) is 0.803. The fraction of sp³-hybridized carbons (Fsp3) is 0.368. The van der Waals surface area contributed by atoms with Crippen LogP contribution in [0.3, 0.4) is 0 Å². The number of likely N-dealkylation sites (tertiary alicyclic amines) is 1. The van der Waals surface area contributed by atoms with Crippen molar-refractivity contribution in [1.29, 1.82) is 0 Å². The van der Waals surface area contributed by atoms with Gasteiger partial charge in [-0.25, -0.2) is 4.98 Å². The summed E-state index contributed by atoms with van der Waals surface area (Å²) in [6, 6.07) is 7.09. The number of amides is 1. The van der Waals surface area contributed by atoms with Gasteiger partial charge in [0.15, 0.2) is 0 Å². The highest BCUT2D eigenvalue weighted by atomic mass is 35.5. The van der Waals surface area contributed by atoms with Gasteiger partial charge in [0.2, 0.25) is 0 Å². The molecule has 1 aliphatic rings. The van der Waals surface area contributed by atoms with Crippen molar-refractivity contribution in [3.63, 3.8) is 0 Å². The molecule has 1 fully saturated rings. The summed E-state index contributed by atoms with van der Waals surface area (Å²) in [5.74, 6) is 1.24. The molecular formula is C19H21Cl2N3O2. The fourth-order valence-electron chi connectivity index (χ4n) is 3.03. The van der Waals surface area contributed by atoms with Crippen molar-refractivity contribution in [2.45, 2.75) is 25.8 Å². The summed E-state index contributed by atoms with van der Waals surface area (Å²) in [6.07, 6.45) is 4.85. The van der Waals surface area contributed by atoms with E-state index >= 15 is 0 Å². The van der Waals surface area contributed by atoms with E-state index in [1.54, 1.807) is 25.4 Å². The number of benzene rings is 1. The number of hydrogen-bond acceptors (Lipinski definition) is 4. The molecule has 0 spiro atoms. The predicted octanol–water partition coefficient (Wildman–Crippen LogP) is 4.64. The molecule has 138 valence electrons. The van der Waals surface area contributed by atoms with E-state index in [1.165, 1.54) is 6.42 Å². The topological polar surface area (TPSA) is 54.5 Å². The third kappa shape index (κ3) is 4.40. The van der Waals surface area contributed by atoms with Crippen LogP contribution in [0.5, 0.6) is 5.75 Å². The number of anilines is 1. The van der Waals surface area contributed by atoms with Crippen molar-refractivity contribution in [2.75, 3.05) is 25.5 Å². The van der Waals surface area contributed by atoms with Crippen LogP contribution in [0, 0.1) is 0 Å². The van der Waals surface area contributed by atoms with Gasteiger partial charge in [0.05, 0.1) is 17.7 Å². The van der Waals surface area contributed by atoms with Gasteiger partial charge in [0, 0.05) is 36.4 Å². The van der Waals surface area contributed by atoms with Crippen molar-refractivity contribution < 1.29 is 9.53 Å². The number of methoxy groups -OCH3 is 1. The number of hydrogen-bond donors (Lipinski definition) is 1. The number of piperidine rings is 1. The Bertz CT molecular complexity index is 792. The highest BCUT2D eigenvalue weighted by molar-refractivity contribution is 6.33. The summed E-state index contributed by atoms with van der Waals surface area (Å²) in [6.45, 7) is 2.05. The first-order chi connectivity index (χ1) is 12.6. The zero-order valence-electron chi connectivity index (χ0n) is 14.6. The molecule has 1 aromatic carbocycles. The fourth-order valence-corrected chi connectivity index (χ4v) is 3.46. The molecule has 1 N–H and O–H groups in total. The Morgan fingerprint density at radius 1 is 1.23 bits per heavy atom. The first kappa shape index (κ1) is 18.8. The maximum atomic E-state index is 12.5. The van der Waals surface area contributed by atoms with E-state index in [4.69, 9.17) is 27.9 Å². The Labute approximate surface area is 163 Å². The number of pyridine rings is 1. The minimum absolute atomic E-state index is 0.0119. The number of rotatable bonds is 5. The van der Waals surface area contributed by atoms with Crippen LogP contribution in [-0.4, -0.2) is 36.0 Å². The number of halogens is 2.